The van der Waals surface area contributed by atoms with E-state index in [0.29, 0.717) is 11.8 Å². The smallest absolute Gasteiger partial charge is 0.221 e. The van der Waals surface area contributed by atoms with Gasteiger partial charge in [-0.3, -0.25) is 4.79 Å². The monoisotopic (exact) mass is 325 g/mol. The van der Waals surface area contributed by atoms with Crippen LogP contribution >= 0.6 is 0 Å². The quantitative estimate of drug-likeness (QED) is 0.932. The normalized spacial score (nSPS) is 27.3. The lowest BCUT2D eigenvalue weighted by atomic mass is 9.55. The summed E-state index contributed by atoms with van der Waals surface area (Å²) in [4.78, 5) is 12.2. The number of benzene rings is 1. The highest BCUT2D eigenvalue weighted by molar-refractivity contribution is 5.79. The molecule has 0 saturated heterocycles. The third-order valence-corrected chi connectivity index (χ3v) is 5.80. The summed E-state index contributed by atoms with van der Waals surface area (Å²) >= 11 is 0. The van der Waals surface area contributed by atoms with Crippen LogP contribution in [0.15, 0.2) is 42.7 Å². The van der Waals surface area contributed by atoms with E-state index in [1.54, 1.807) is 6.20 Å². The SMILES string of the molecule is CC1CCC(C(N)=O)C(c2ccc(-n3cccn3)cc2)(C(C)C)C1. The molecule has 2 aromatic rings. The zero-order chi connectivity index (χ0) is 17.3. The standard InChI is InChI=1S/C20H27N3O/c1-14(2)20(13-15(3)5-10-18(20)19(21)24)16-6-8-17(9-7-16)23-12-4-11-22-23/h4,6-9,11-12,14-15,18H,5,10,13H2,1-3H3,(H2,21,24). The van der Waals surface area contributed by atoms with E-state index in [4.69, 9.17) is 5.73 Å². The molecule has 128 valence electrons. The van der Waals surface area contributed by atoms with Gasteiger partial charge in [0.25, 0.3) is 0 Å². The summed E-state index contributed by atoms with van der Waals surface area (Å²) in [5.41, 5.74) is 7.90. The topological polar surface area (TPSA) is 60.9 Å². The van der Waals surface area contributed by atoms with Gasteiger partial charge in [-0.25, -0.2) is 4.68 Å². The van der Waals surface area contributed by atoms with Crippen LogP contribution in [0.25, 0.3) is 5.69 Å². The zero-order valence-corrected chi connectivity index (χ0v) is 14.8. The van der Waals surface area contributed by atoms with E-state index in [-0.39, 0.29) is 17.2 Å². The summed E-state index contributed by atoms with van der Waals surface area (Å²) in [6.45, 7) is 6.72. The number of rotatable bonds is 4. The molecule has 4 nitrogen and oxygen atoms in total. The van der Waals surface area contributed by atoms with E-state index in [2.05, 4.69) is 50.1 Å². The molecule has 1 aromatic heterocycles. The summed E-state index contributed by atoms with van der Waals surface area (Å²) in [6.07, 6.45) is 6.68. The lowest BCUT2D eigenvalue weighted by molar-refractivity contribution is -0.127. The number of nitrogens with zero attached hydrogens (tertiary/aromatic N) is 2. The minimum absolute atomic E-state index is 0.0933. The maximum Gasteiger partial charge on any atom is 0.221 e. The first-order valence-corrected chi connectivity index (χ1v) is 8.85. The number of amides is 1. The minimum atomic E-state index is -0.174. The summed E-state index contributed by atoms with van der Waals surface area (Å²) < 4.78 is 1.85. The van der Waals surface area contributed by atoms with Crippen LogP contribution in [0.1, 0.15) is 45.6 Å². The molecule has 1 saturated carbocycles. The van der Waals surface area contributed by atoms with Crippen molar-refractivity contribution < 1.29 is 4.79 Å². The lowest BCUT2D eigenvalue weighted by Gasteiger charge is -2.48. The Balaban J connectivity index is 2.04. The maximum atomic E-state index is 12.2. The summed E-state index contributed by atoms with van der Waals surface area (Å²) in [5, 5.41) is 4.28. The Morgan fingerprint density at radius 2 is 2.00 bits per heavy atom. The van der Waals surface area contributed by atoms with Crippen molar-refractivity contribution >= 4 is 5.91 Å². The second kappa shape index (κ2) is 6.42. The summed E-state index contributed by atoms with van der Waals surface area (Å²) in [5.74, 6) is 0.707. The van der Waals surface area contributed by atoms with Crippen molar-refractivity contribution in [3.63, 3.8) is 0 Å². The molecule has 1 aliphatic carbocycles. The molecule has 1 aromatic carbocycles. The number of hydrogen-bond acceptors (Lipinski definition) is 2. The van der Waals surface area contributed by atoms with Crippen LogP contribution in [-0.4, -0.2) is 15.7 Å². The molecule has 0 radical (unpaired) electrons. The second-order valence-corrected chi connectivity index (χ2v) is 7.53. The van der Waals surface area contributed by atoms with Gasteiger partial charge in [-0.2, -0.15) is 5.10 Å². The fraction of sp³-hybridized carbons (Fsp3) is 0.500. The van der Waals surface area contributed by atoms with Crippen molar-refractivity contribution in [3.8, 4) is 5.69 Å². The Bertz CT molecular complexity index is 690. The number of carbonyl (C=O) groups excluding carboxylic acids is 1. The Hall–Kier alpha value is -2.10. The van der Waals surface area contributed by atoms with Gasteiger partial charge >= 0.3 is 0 Å². The molecule has 3 atom stereocenters. The molecule has 24 heavy (non-hydrogen) atoms. The van der Waals surface area contributed by atoms with Gasteiger partial charge in [0.1, 0.15) is 0 Å². The first-order chi connectivity index (χ1) is 11.4. The van der Waals surface area contributed by atoms with Crippen molar-refractivity contribution in [2.24, 2.45) is 23.5 Å². The molecule has 2 N–H and O–H groups in total. The first kappa shape index (κ1) is 16.7. The fourth-order valence-electron chi connectivity index (χ4n) is 4.56. The zero-order valence-electron chi connectivity index (χ0n) is 14.8. The highest BCUT2D eigenvalue weighted by atomic mass is 16.1. The van der Waals surface area contributed by atoms with Gasteiger partial charge in [-0.05, 0) is 54.9 Å². The average molecular weight is 325 g/mol. The van der Waals surface area contributed by atoms with E-state index in [0.717, 1.165) is 24.9 Å². The van der Waals surface area contributed by atoms with Crippen LogP contribution in [0.4, 0.5) is 0 Å². The van der Waals surface area contributed by atoms with Crippen molar-refractivity contribution in [1.82, 2.24) is 9.78 Å². The van der Waals surface area contributed by atoms with Crippen LogP contribution in [0, 0.1) is 17.8 Å². The van der Waals surface area contributed by atoms with E-state index < -0.39 is 0 Å². The molecule has 1 aliphatic rings. The molecule has 3 unspecified atom stereocenters. The highest BCUT2D eigenvalue weighted by Crippen LogP contribution is 2.50. The predicted octanol–water partition coefficient (Wildman–Crippen LogP) is 3.69. The number of primary amides is 1. The number of aromatic nitrogens is 2. The molecular weight excluding hydrogens is 298 g/mol. The van der Waals surface area contributed by atoms with Gasteiger partial charge in [0.05, 0.1) is 5.69 Å². The van der Waals surface area contributed by atoms with Gasteiger partial charge in [0.2, 0.25) is 5.91 Å². The fourth-order valence-corrected chi connectivity index (χ4v) is 4.56. The Labute approximate surface area is 144 Å². The molecule has 1 fully saturated rings. The lowest BCUT2D eigenvalue weighted by Crippen LogP contribution is -2.50. The molecule has 4 heteroatoms. The van der Waals surface area contributed by atoms with Crippen LogP contribution in [0.2, 0.25) is 0 Å². The van der Waals surface area contributed by atoms with Gasteiger partial charge in [-0.1, -0.05) is 32.9 Å². The second-order valence-electron chi connectivity index (χ2n) is 7.53. The maximum absolute atomic E-state index is 12.2. The van der Waals surface area contributed by atoms with Gasteiger partial charge < -0.3 is 5.73 Å². The molecule has 0 aliphatic heterocycles. The molecule has 1 heterocycles. The van der Waals surface area contributed by atoms with Crippen molar-refractivity contribution in [3.05, 3.63) is 48.3 Å². The average Bonchev–Trinajstić information content (AvgIpc) is 3.08. The third-order valence-electron chi connectivity index (χ3n) is 5.80. The van der Waals surface area contributed by atoms with E-state index in [1.807, 2.05) is 16.9 Å². The Morgan fingerprint density at radius 3 is 2.54 bits per heavy atom. The van der Waals surface area contributed by atoms with Crippen LogP contribution in [-0.2, 0) is 10.2 Å². The molecule has 0 spiro atoms. The molecule has 3 rings (SSSR count). The van der Waals surface area contributed by atoms with E-state index in [1.165, 1.54) is 5.56 Å². The highest BCUT2D eigenvalue weighted by Gasteiger charge is 2.48. The molecule has 0 bridgehead atoms. The minimum Gasteiger partial charge on any atom is -0.369 e. The third kappa shape index (κ3) is 2.74. The summed E-state index contributed by atoms with van der Waals surface area (Å²) in [6, 6.07) is 10.4. The predicted molar refractivity (Wildman–Crippen MR) is 95.8 cm³/mol. The van der Waals surface area contributed by atoms with Gasteiger partial charge in [0, 0.05) is 23.7 Å². The molecule has 1 amide bonds. The van der Waals surface area contributed by atoms with Crippen LogP contribution in [0.5, 0.6) is 0 Å². The Kier molecular flexibility index (Phi) is 4.48. The van der Waals surface area contributed by atoms with Crippen molar-refractivity contribution in [2.75, 3.05) is 0 Å². The number of nitrogens with two attached hydrogens (primary N) is 1. The van der Waals surface area contributed by atoms with Crippen LogP contribution in [0.3, 0.4) is 0 Å². The largest absolute Gasteiger partial charge is 0.369 e. The van der Waals surface area contributed by atoms with E-state index in [9.17, 15) is 4.79 Å². The number of hydrogen-bond donors (Lipinski definition) is 1. The number of carbonyl (C=O) groups is 1. The first-order valence-electron chi connectivity index (χ1n) is 8.85. The van der Waals surface area contributed by atoms with E-state index >= 15 is 0 Å². The molecular formula is C20H27N3O. The Morgan fingerprint density at radius 1 is 1.29 bits per heavy atom. The van der Waals surface area contributed by atoms with Gasteiger partial charge in [-0.15, -0.1) is 0 Å². The van der Waals surface area contributed by atoms with Crippen molar-refractivity contribution in [1.29, 1.82) is 0 Å². The summed E-state index contributed by atoms with van der Waals surface area (Å²) in [7, 11) is 0. The van der Waals surface area contributed by atoms with Crippen molar-refractivity contribution in [2.45, 2.75) is 45.4 Å². The van der Waals surface area contributed by atoms with Gasteiger partial charge in [0.15, 0.2) is 0 Å². The van der Waals surface area contributed by atoms with Crippen LogP contribution < -0.4 is 5.73 Å².